The first kappa shape index (κ1) is 28.1. The maximum absolute atomic E-state index is 11.2. The molecule has 2 saturated carbocycles. The number of aryl methyl sites for hydroxylation is 1. The molecule has 1 aliphatic heterocycles. The van der Waals surface area contributed by atoms with Crippen molar-refractivity contribution in [2.75, 3.05) is 16.5 Å². The van der Waals surface area contributed by atoms with E-state index in [1.54, 1.807) is 11.1 Å². The van der Waals surface area contributed by atoms with Crippen molar-refractivity contribution in [2.24, 2.45) is 0 Å². The van der Waals surface area contributed by atoms with Gasteiger partial charge in [0.05, 0.1) is 24.4 Å². The number of benzene rings is 4. The molecule has 7 rings (SSSR count). The van der Waals surface area contributed by atoms with Crippen molar-refractivity contribution >= 4 is 11.4 Å². The number of hydrogen-bond donors (Lipinski definition) is 1. The van der Waals surface area contributed by atoms with E-state index in [1.165, 1.54) is 86.6 Å². The fraction of sp³-hybridized carbons (Fsp3) is 0.400. The summed E-state index contributed by atoms with van der Waals surface area (Å²) in [5.74, 6) is 1.65. The Labute approximate surface area is 258 Å². The fourth-order valence-corrected chi connectivity index (χ4v) is 8.47. The number of para-hydroxylation sites is 2. The maximum atomic E-state index is 11.2. The Balaban J connectivity index is 1.42. The minimum absolute atomic E-state index is 0.0496. The largest absolute Gasteiger partial charge is 0.506 e. The van der Waals surface area contributed by atoms with Gasteiger partial charge in [0.1, 0.15) is 5.75 Å². The molecule has 0 unspecified atom stereocenters. The van der Waals surface area contributed by atoms with Crippen LogP contribution in [-0.2, 0) is 0 Å². The standard InChI is InChI=1S/C40H46N2O/c1-29-26-34(30-16-6-2-7-17-30)27-35(31-18-8-3-9-19-31)38(29)42-28-41(36-24-14-15-25-37(36)43)39(32-20-10-4-11-21-32)40(42)33-22-12-5-13-23-33/h4-5,10-15,20-27,30-31,39-40,43H,2-3,6-9,16-19,28H2,1H3/t39-,40+/m0/s1. The Bertz CT molecular complexity index is 1500. The molecule has 0 aromatic heterocycles. The maximum Gasteiger partial charge on any atom is 0.138 e. The normalized spacial score (nSPS) is 21.8. The lowest BCUT2D eigenvalue weighted by atomic mass is 9.78. The van der Waals surface area contributed by atoms with Crippen LogP contribution in [0.15, 0.2) is 97.1 Å². The molecule has 222 valence electrons. The van der Waals surface area contributed by atoms with Crippen molar-refractivity contribution in [1.29, 1.82) is 0 Å². The van der Waals surface area contributed by atoms with Gasteiger partial charge in [0, 0.05) is 5.69 Å². The zero-order valence-electron chi connectivity index (χ0n) is 25.7. The van der Waals surface area contributed by atoms with Crippen LogP contribution in [0.4, 0.5) is 11.4 Å². The summed E-state index contributed by atoms with van der Waals surface area (Å²) in [4.78, 5) is 5.14. The third-order valence-electron chi connectivity index (χ3n) is 10.5. The number of anilines is 2. The van der Waals surface area contributed by atoms with Gasteiger partial charge in [-0.05, 0) is 84.4 Å². The molecule has 2 aliphatic carbocycles. The summed E-state index contributed by atoms with van der Waals surface area (Å²) in [7, 11) is 0. The molecular weight excluding hydrogens is 524 g/mol. The highest BCUT2D eigenvalue weighted by Gasteiger charge is 2.44. The van der Waals surface area contributed by atoms with E-state index >= 15 is 0 Å². The van der Waals surface area contributed by atoms with Crippen LogP contribution >= 0.6 is 0 Å². The zero-order chi connectivity index (χ0) is 29.2. The second-order valence-corrected chi connectivity index (χ2v) is 13.2. The van der Waals surface area contributed by atoms with Gasteiger partial charge in [-0.3, -0.25) is 0 Å². The lowest BCUT2D eigenvalue weighted by Crippen LogP contribution is -2.28. The number of rotatable bonds is 6. The van der Waals surface area contributed by atoms with E-state index in [4.69, 9.17) is 0 Å². The van der Waals surface area contributed by atoms with Crippen LogP contribution in [-0.4, -0.2) is 11.8 Å². The van der Waals surface area contributed by atoms with Crippen molar-refractivity contribution in [2.45, 2.75) is 95.1 Å². The van der Waals surface area contributed by atoms with Gasteiger partial charge < -0.3 is 14.9 Å². The molecule has 0 radical (unpaired) electrons. The lowest BCUT2D eigenvalue weighted by Gasteiger charge is -2.35. The van der Waals surface area contributed by atoms with E-state index in [0.29, 0.717) is 17.6 Å². The highest BCUT2D eigenvalue weighted by Crippen LogP contribution is 2.53. The molecule has 3 heteroatoms. The summed E-state index contributed by atoms with van der Waals surface area (Å²) in [5, 5.41) is 11.2. The SMILES string of the molecule is Cc1cc(C2CCCCC2)cc(C2CCCCC2)c1N1CN(c2ccccc2O)[C@@H](c2ccccc2)[C@H]1c1ccccc1. The summed E-state index contributed by atoms with van der Waals surface area (Å²) >= 11 is 0. The average Bonchev–Trinajstić information content (AvgIpc) is 3.46. The van der Waals surface area contributed by atoms with Gasteiger partial charge in [0.15, 0.2) is 0 Å². The number of phenols is 1. The minimum atomic E-state index is 0.0496. The molecule has 0 bridgehead atoms. The van der Waals surface area contributed by atoms with E-state index < -0.39 is 0 Å². The van der Waals surface area contributed by atoms with E-state index in [0.717, 1.165) is 12.4 Å². The van der Waals surface area contributed by atoms with E-state index in [-0.39, 0.29) is 12.1 Å². The summed E-state index contributed by atoms with van der Waals surface area (Å²) in [6.07, 6.45) is 13.4. The molecule has 1 N–H and O–H groups in total. The van der Waals surface area contributed by atoms with Crippen LogP contribution in [0.5, 0.6) is 5.75 Å². The van der Waals surface area contributed by atoms with Crippen LogP contribution in [0.25, 0.3) is 0 Å². The summed E-state index contributed by atoms with van der Waals surface area (Å²) < 4.78 is 0. The van der Waals surface area contributed by atoms with Gasteiger partial charge in [-0.15, -0.1) is 0 Å². The molecule has 0 spiro atoms. The minimum Gasteiger partial charge on any atom is -0.506 e. The molecule has 3 nitrogen and oxygen atoms in total. The van der Waals surface area contributed by atoms with Crippen LogP contribution in [0.1, 0.15) is 116 Å². The Morgan fingerprint density at radius 3 is 1.70 bits per heavy atom. The van der Waals surface area contributed by atoms with Crippen molar-refractivity contribution in [3.8, 4) is 5.75 Å². The Hall–Kier alpha value is -3.72. The van der Waals surface area contributed by atoms with E-state index in [9.17, 15) is 5.11 Å². The molecule has 0 amide bonds. The second-order valence-electron chi connectivity index (χ2n) is 13.2. The van der Waals surface area contributed by atoms with Crippen molar-refractivity contribution in [1.82, 2.24) is 0 Å². The number of nitrogens with zero attached hydrogens (tertiary/aromatic N) is 2. The smallest absolute Gasteiger partial charge is 0.138 e. The van der Waals surface area contributed by atoms with Gasteiger partial charge in [-0.2, -0.15) is 0 Å². The Morgan fingerprint density at radius 1 is 0.558 bits per heavy atom. The first-order chi connectivity index (χ1) is 21.2. The predicted molar refractivity (Wildman–Crippen MR) is 179 cm³/mol. The molecule has 43 heavy (non-hydrogen) atoms. The molecule has 1 heterocycles. The predicted octanol–water partition coefficient (Wildman–Crippen LogP) is 10.6. The van der Waals surface area contributed by atoms with Crippen molar-refractivity contribution in [3.05, 3.63) is 125 Å². The highest BCUT2D eigenvalue weighted by atomic mass is 16.3. The topological polar surface area (TPSA) is 26.7 Å². The molecular formula is C40H46N2O. The van der Waals surface area contributed by atoms with Crippen molar-refractivity contribution < 1.29 is 5.11 Å². The van der Waals surface area contributed by atoms with Gasteiger partial charge >= 0.3 is 0 Å². The van der Waals surface area contributed by atoms with Gasteiger partial charge in [-0.25, -0.2) is 0 Å². The van der Waals surface area contributed by atoms with E-state index in [1.807, 2.05) is 12.1 Å². The van der Waals surface area contributed by atoms with Crippen LogP contribution in [0.3, 0.4) is 0 Å². The number of hydrogen-bond acceptors (Lipinski definition) is 3. The van der Waals surface area contributed by atoms with Gasteiger partial charge in [0.25, 0.3) is 0 Å². The van der Waals surface area contributed by atoms with Crippen molar-refractivity contribution in [3.63, 3.8) is 0 Å². The molecule has 3 aliphatic rings. The van der Waals surface area contributed by atoms with E-state index in [2.05, 4.69) is 102 Å². The van der Waals surface area contributed by atoms with Crippen LogP contribution in [0, 0.1) is 6.92 Å². The molecule has 3 fully saturated rings. The first-order valence-corrected chi connectivity index (χ1v) is 16.7. The number of phenolic OH excluding ortho intramolecular Hbond substituents is 1. The first-order valence-electron chi connectivity index (χ1n) is 16.7. The van der Waals surface area contributed by atoms with Gasteiger partial charge in [0.2, 0.25) is 0 Å². The van der Waals surface area contributed by atoms with Crippen LogP contribution in [0.2, 0.25) is 0 Å². The molecule has 4 aromatic rings. The summed E-state index contributed by atoms with van der Waals surface area (Å²) in [6.45, 7) is 3.09. The summed E-state index contributed by atoms with van der Waals surface area (Å²) in [5.41, 5.74) is 9.49. The fourth-order valence-electron chi connectivity index (χ4n) is 8.47. The number of aromatic hydroxyl groups is 1. The lowest BCUT2D eigenvalue weighted by molar-refractivity contribution is 0.435. The third-order valence-corrected chi connectivity index (χ3v) is 10.5. The monoisotopic (exact) mass is 570 g/mol. The summed E-state index contributed by atoms with van der Waals surface area (Å²) in [6, 6.07) is 35.2. The second kappa shape index (κ2) is 12.5. The third kappa shape index (κ3) is 5.55. The Morgan fingerprint density at radius 2 is 1.09 bits per heavy atom. The molecule has 4 aromatic carbocycles. The highest BCUT2D eigenvalue weighted by molar-refractivity contribution is 5.70. The Kier molecular flexibility index (Phi) is 8.15. The zero-order valence-corrected chi connectivity index (χ0v) is 25.7. The average molecular weight is 571 g/mol. The molecule has 1 saturated heterocycles. The van der Waals surface area contributed by atoms with Gasteiger partial charge in [-0.1, -0.05) is 123 Å². The quantitative estimate of drug-likeness (QED) is 0.250. The van der Waals surface area contributed by atoms with Crippen LogP contribution < -0.4 is 9.80 Å². The molecule has 2 atom stereocenters.